The van der Waals surface area contributed by atoms with Crippen molar-refractivity contribution in [3.05, 3.63) is 33.8 Å². The molecular formula is C14H18BrNO2. The second kappa shape index (κ2) is 5.85. The van der Waals surface area contributed by atoms with Crippen molar-refractivity contribution >= 4 is 21.8 Å². The lowest BCUT2D eigenvalue weighted by Gasteiger charge is -2.28. The van der Waals surface area contributed by atoms with Gasteiger partial charge in [-0.25, -0.2) is 0 Å². The fourth-order valence-corrected chi connectivity index (χ4v) is 3.00. The Morgan fingerprint density at radius 1 is 1.39 bits per heavy atom. The second-order valence-corrected chi connectivity index (χ2v) is 5.77. The number of carbonyl (C=O) groups excluding carboxylic acids is 1. The van der Waals surface area contributed by atoms with Crippen LogP contribution in [-0.4, -0.2) is 23.2 Å². The van der Waals surface area contributed by atoms with Gasteiger partial charge in [0.15, 0.2) is 0 Å². The number of aliphatic hydroxyl groups excluding tert-OH is 1. The van der Waals surface area contributed by atoms with Gasteiger partial charge in [-0.3, -0.25) is 4.79 Å². The lowest BCUT2D eigenvalue weighted by Crippen LogP contribution is -2.45. The van der Waals surface area contributed by atoms with Gasteiger partial charge < -0.3 is 10.4 Å². The van der Waals surface area contributed by atoms with Crippen molar-refractivity contribution in [2.24, 2.45) is 0 Å². The summed E-state index contributed by atoms with van der Waals surface area (Å²) >= 11 is 3.40. The summed E-state index contributed by atoms with van der Waals surface area (Å²) in [5.41, 5.74) is 1.73. The number of aliphatic hydroxyl groups is 1. The molecular weight excluding hydrogens is 294 g/mol. The summed E-state index contributed by atoms with van der Waals surface area (Å²) in [4.78, 5) is 12.1. The highest BCUT2D eigenvalue weighted by Crippen LogP contribution is 2.21. The fourth-order valence-electron chi connectivity index (χ4n) is 2.33. The van der Waals surface area contributed by atoms with Crippen LogP contribution in [0.3, 0.4) is 0 Å². The molecule has 1 aliphatic rings. The number of amides is 1. The van der Waals surface area contributed by atoms with Crippen LogP contribution in [0.4, 0.5) is 0 Å². The van der Waals surface area contributed by atoms with Gasteiger partial charge >= 0.3 is 0 Å². The van der Waals surface area contributed by atoms with Gasteiger partial charge in [0, 0.05) is 4.47 Å². The molecule has 0 bridgehead atoms. The van der Waals surface area contributed by atoms with Crippen LogP contribution in [0.5, 0.6) is 0 Å². The zero-order valence-corrected chi connectivity index (χ0v) is 12.0. The van der Waals surface area contributed by atoms with Crippen molar-refractivity contribution in [1.29, 1.82) is 0 Å². The number of carbonyl (C=O) groups is 1. The first-order valence-corrected chi connectivity index (χ1v) is 7.12. The summed E-state index contributed by atoms with van der Waals surface area (Å²) in [6, 6.07) is 5.53. The van der Waals surface area contributed by atoms with Crippen molar-refractivity contribution in [1.82, 2.24) is 5.32 Å². The van der Waals surface area contributed by atoms with E-state index < -0.39 is 6.10 Å². The first-order chi connectivity index (χ1) is 8.58. The standard InChI is InChI=1S/C14H18BrNO2/c1-9-6-7-10(11(15)8-9)14(18)16-12-4-2-3-5-13(12)17/h6-8,12-13,17H,2-5H2,1H3,(H,16,18). The third-order valence-electron chi connectivity index (χ3n) is 3.42. The van der Waals surface area contributed by atoms with Crippen LogP contribution in [0.2, 0.25) is 0 Å². The molecule has 2 atom stereocenters. The van der Waals surface area contributed by atoms with Gasteiger partial charge in [-0.05, 0) is 53.4 Å². The number of hydrogen-bond donors (Lipinski definition) is 2. The largest absolute Gasteiger partial charge is 0.391 e. The molecule has 0 aromatic heterocycles. The normalized spacial score (nSPS) is 23.7. The number of rotatable bonds is 2. The van der Waals surface area contributed by atoms with E-state index in [0.29, 0.717) is 5.56 Å². The number of hydrogen-bond acceptors (Lipinski definition) is 2. The Kier molecular flexibility index (Phi) is 4.40. The maximum Gasteiger partial charge on any atom is 0.252 e. The average molecular weight is 312 g/mol. The first-order valence-electron chi connectivity index (χ1n) is 6.33. The van der Waals surface area contributed by atoms with Gasteiger partial charge in [-0.1, -0.05) is 18.9 Å². The number of halogens is 1. The Bertz CT molecular complexity index is 447. The molecule has 1 aliphatic carbocycles. The van der Waals surface area contributed by atoms with Gasteiger partial charge in [0.1, 0.15) is 0 Å². The van der Waals surface area contributed by atoms with Gasteiger partial charge in [-0.2, -0.15) is 0 Å². The van der Waals surface area contributed by atoms with E-state index in [1.165, 1.54) is 0 Å². The molecule has 1 aromatic rings. The minimum Gasteiger partial charge on any atom is -0.391 e. The monoisotopic (exact) mass is 311 g/mol. The van der Waals surface area contributed by atoms with E-state index in [2.05, 4.69) is 21.2 Å². The SMILES string of the molecule is Cc1ccc(C(=O)NC2CCCCC2O)c(Br)c1. The minimum atomic E-state index is -0.410. The predicted molar refractivity (Wildman–Crippen MR) is 74.6 cm³/mol. The van der Waals surface area contributed by atoms with Gasteiger partial charge in [-0.15, -0.1) is 0 Å². The van der Waals surface area contributed by atoms with E-state index in [0.717, 1.165) is 35.7 Å². The Morgan fingerprint density at radius 2 is 2.11 bits per heavy atom. The smallest absolute Gasteiger partial charge is 0.252 e. The Hall–Kier alpha value is -0.870. The highest BCUT2D eigenvalue weighted by atomic mass is 79.9. The highest BCUT2D eigenvalue weighted by molar-refractivity contribution is 9.10. The predicted octanol–water partition coefficient (Wildman–Crippen LogP) is 2.79. The molecule has 0 saturated heterocycles. The van der Waals surface area contributed by atoms with Crippen LogP contribution >= 0.6 is 15.9 Å². The van der Waals surface area contributed by atoms with Crippen molar-refractivity contribution in [3.63, 3.8) is 0 Å². The Balaban J connectivity index is 2.07. The van der Waals surface area contributed by atoms with E-state index >= 15 is 0 Å². The van der Waals surface area contributed by atoms with Crippen molar-refractivity contribution < 1.29 is 9.90 Å². The molecule has 0 heterocycles. The van der Waals surface area contributed by atoms with Crippen LogP contribution in [0.25, 0.3) is 0 Å². The summed E-state index contributed by atoms with van der Waals surface area (Å²) < 4.78 is 0.797. The number of benzene rings is 1. The van der Waals surface area contributed by atoms with Gasteiger partial charge in [0.25, 0.3) is 5.91 Å². The van der Waals surface area contributed by atoms with Crippen molar-refractivity contribution in [2.45, 2.75) is 44.8 Å². The molecule has 18 heavy (non-hydrogen) atoms. The minimum absolute atomic E-state index is 0.112. The summed E-state index contributed by atoms with van der Waals surface area (Å²) in [7, 11) is 0. The van der Waals surface area contributed by atoms with E-state index in [1.54, 1.807) is 0 Å². The van der Waals surface area contributed by atoms with Crippen LogP contribution in [0, 0.1) is 6.92 Å². The van der Waals surface area contributed by atoms with E-state index in [4.69, 9.17) is 0 Å². The molecule has 0 radical (unpaired) electrons. The molecule has 0 spiro atoms. The molecule has 2 unspecified atom stereocenters. The molecule has 1 saturated carbocycles. The van der Waals surface area contributed by atoms with Crippen molar-refractivity contribution in [3.8, 4) is 0 Å². The van der Waals surface area contributed by atoms with E-state index in [1.807, 2.05) is 25.1 Å². The zero-order valence-electron chi connectivity index (χ0n) is 10.4. The maximum absolute atomic E-state index is 12.1. The molecule has 0 aliphatic heterocycles. The zero-order chi connectivity index (χ0) is 13.1. The number of aryl methyl sites for hydroxylation is 1. The Morgan fingerprint density at radius 3 is 2.78 bits per heavy atom. The van der Waals surface area contributed by atoms with Crippen LogP contribution in [0.1, 0.15) is 41.6 Å². The summed E-state index contributed by atoms with van der Waals surface area (Å²) in [6.45, 7) is 1.98. The van der Waals surface area contributed by atoms with E-state index in [-0.39, 0.29) is 11.9 Å². The summed E-state index contributed by atoms with van der Waals surface area (Å²) in [6.07, 6.45) is 3.34. The van der Waals surface area contributed by atoms with Crippen LogP contribution in [-0.2, 0) is 0 Å². The topological polar surface area (TPSA) is 49.3 Å². The lowest BCUT2D eigenvalue weighted by molar-refractivity contribution is 0.0716. The van der Waals surface area contributed by atoms with Crippen LogP contribution < -0.4 is 5.32 Å². The summed E-state index contributed by atoms with van der Waals surface area (Å²) in [5.74, 6) is -0.118. The summed E-state index contributed by atoms with van der Waals surface area (Å²) in [5, 5.41) is 12.8. The second-order valence-electron chi connectivity index (χ2n) is 4.92. The maximum atomic E-state index is 12.1. The molecule has 1 fully saturated rings. The molecule has 1 aromatic carbocycles. The average Bonchev–Trinajstić information content (AvgIpc) is 2.32. The Labute approximate surface area is 116 Å². The third kappa shape index (κ3) is 3.12. The third-order valence-corrected chi connectivity index (χ3v) is 4.07. The molecule has 2 N–H and O–H groups in total. The molecule has 2 rings (SSSR count). The van der Waals surface area contributed by atoms with Gasteiger partial charge in [0.2, 0.25) is 0 Å². The van der Waals surface area contributed by atoms with Crippen molar-refractivity contribution in [2.75, 3.05) is 0 Å². The van der Waals surface area contributed by atoms with Crippen LogP contribution in [0.15, 0.2) is 22.7 Å². The fraction of sp³-hybridized carbons (Fsp3) is 0.500. The van der Waals surface area contributed by atoms with Gasteiger partial charge in [0.05, 0.1) is 17.7 Å². The first kappa shape index (κ1) is 13.6. The number of nitrogens with one attached hydrogen (secondary N) is 1. The quantitative estimate of drug-likeness (QED) is 0.882. The highest BCUT2D eigenvalue weighted by Gasteiger charge is 2.25. The molecule has 1 amide bonds. The molecule has 4 heteroatoms. The van der Waals surface area contributed by atoms with E-state index in [9.17, 15) is 9.90 Å². The molecule has 98 valence electrons. The lowest BCUT2D eigenvalue weighted by atomic mass is 9.92. The molecule has 3 nitrogen and oxygen atoms in total.